The fraction of sp³-hybridized carbons (Fsp3) is 0.400. The van der Waals surface area contributed by atoms with Crippen molar-refractivity contribution in [2.75, 3.05) is 20.1 Å². The normalized spacial score (nSPS) is 19.6. The molecular formula is C15H15F5N2O. The van der Waals surface area contributed by atoms with Gasteiger partial charge in [-0.25, -0.2) is 8.78 Å². The van der Waals surface area contributed by atoms with Crippen LogP contribution in [0, 0.1) is 11.6 Å². The second-order valence-electron chi connectivity index (χ2n) is 5.22. The van der Waals surface area contributed by atoms with E-state index in [2.05, 4.69) is 5.32 Å². The van der Waals surface area contributed by atoms with E-state index in [0.29, 0.717) is 4.90 Å². The number of amides is 1. The van der Waals surface area contributed by atoms with E-state index in [1.165, 1.54) is 25.3 Å². The summed E-state index contributed by atoms with van der Waals surface area (Å²) in [5.74, 6) is -2.96. The van der Waals surface area contributed by atoms with Gasteiger partial charge in [0.25, 0.3) is 0 Å². The van der Waals surface area contributed by atoms with Crippen molar-refractivity contribution in [1.82, 2.24) is 10.2 Å². The highest BCUT2D eigenvalue weighted by Gasteiger charge is 2.36. The van der Waals surface area contributed by atoms with E-state index >= 15 is 0 Å². The highest BCUT2D eigenvalue weighted by Crippen LogP contribution is 2.27. The van der Waals surface area contributed by atoms with Gasteiger partial charge in [-0.3, -0.25) is 4.79 Å². The molecule has 1 amide bonds. The molecule has 1 aromatic rings. The number of hydrogen-bond acceptors (Lipinski definition) is 2. The van der Waals surface area contributed by atoms with Crippen molar-refractivity contribution in [2.24, 2.45) is 0 Å². The highest BCUT2D eigenvalue weighted by molar-refractivity contribution is 5.86. The van der Waals surface area contributed by atoms with Crippen LogP contribution in [-0.2, 0) is 4.79 Å². The van der Waals surface area contributed by atoms with E-state index < -0.39 is 42.8 Å². The Bertz CT molecular complexity index is 627. The molecule has 23 heavy (non-hydrogen) atoms. The zero-order chi connectivity index (χ0) is 17.2. The van der Waals surface area contributed by atoms with E-state index in [1.54, 1.807) is 0 Å². The molecule has 1 N–H and O–H groups in total. The highest BCUT2D eigenvalue weighted by atomic mass is 19.4. The summed E-state index contributed by atoms with van der Waals surface area (Å²) >= 11 is 0. The Hall–Kier alpha value is -1.96. The zero-order valence-corrected chi connectivity index (χ0v) is 12.3. The fourth-order valence-electron chi connectivity index (χ4n) is 2.47. The number of nitrogens with one attached hydrogen (secondary N) is 1. The van der Waals surface area contributed by atoms with Crippen molar-refractivity contribution in [2.45, 2.75) is 18.6 Å². The Morgan fingerprint density at radius 1 is 1.30 bits per heavy atom. The summed E-state index contributed by atoms with van der Waals surface area (Å²) in [5, 5.41) is 2.64. The summed E-state index contributed by atoms with van der Waals surface area (Å²) in [5.41, 5.74) is 0.0130. The minimum absolute atomic E-state index is 0.0922. The van der Waals surface area contributed by atoms with E-state index in [9.17, 15) is 26.7 Å². The Labute approximate surface area is 129 Å². The van der Waals surface area contributed by atoms with Crippen molar-refractivity contribution in [3.63, 3.8) is 0 Å². The average Bonchev–Trinajstić information content (AvgIpc) is 2.60. The summed E-state index contributed by atoms with van der Waals surface area (Å²) in [7, 11) is 1.45. The van der Waals surface area contributed by atoms with Gasteiger partial charge in [0.1, 0.15) is 6.54 Å². The molecule has 0 spiro atoms. The monoisotopic (exact) mass is 334 g/mol. The molecule has 0 bridgehead atoms. The van der Waals surface area contributed by atoms with Gasteiger partial charge in [-0.1, -0.05) is 18.2 Å². The van der Waals surface area contributed by atoms with Crippen LogP contribution in [-0.4, -0.2) is 43.2 Å². The van der Waals surface area contributed by atoms with Crippen LogP contribution >= 0.6 is 0 Å². The summed E-state index contributed by atoms with van der Waals surface area (Å²) < 4.78 is 65.3. The zero-order valence-electron chi connectivity index (χ0n) is 12.3. The first-order chi connectivity index (χ1) is 10.7. The minimum atomic E-state index is -4.58. The van der Waals surface area contributed by atoms with E-state index in [4.69, 9.17) is 0 Å². The molecule has 1 aliphatic heterocycles. The van der Waals surface area contributed by atoms with Crippen LogP contribution in [0.15, 0.2) is 24.3 Å². The number of rotatable bonds is 3. The molecule has 2 rings (SSSR count). The van der Waals surface area contributed by atoms with Gasteiger partial charge in [0.15, 0.2) is 11.6 Å². The number of carbonyl (C=O) groups excluding carboxylic acids is 1. The number of alkyl halides is 3. The second kappa shape index (κ2) is 6.66. The number of nitrogens with zero attached hydrogens (tertiary/aromatic N) is 1. The quantitative estimate of drug-likeness (QED) is 0.862. The molecule has 0 aliphatic carbocycles. The van der Waals surface area contributed by atoms with Crippen molar-refractivity contribution in [3.8, 4) is 0 Å². The predicted octanol–water partition coefficient (Wildman–Crippen LogP) is 2.73. The summed E-state index contributed by atoms with van der Waals surface area (Å²) in [4.78, 5) is 12.7. The van der Waals surface area contributed by atoms with Crippen LogP contribution < -0.4 is 5.32 Å². The molecule has 8 heteroatoms. The van der Waals surface area contributed by atoms with Gasteiger partial charge in [0, 0.05) is 12.1 Å². The van der Waals surface area contributed by atoms with Gasteiger partial charge < -0.3 is 10.2 Å². The van der Waals surface area contributed by atoms with Crippen LogP contribution in [0.2, 0.25) is 0 Å². The number of carbonyl (C=O) groups is 1. The molecule has 1 unspecified atom stereocenters. The van der Waals surface area contributed by atoms with E-state index in [-0.39, 0.29) is 17.6 Å². The van der Waals surface area contributed by atoms with Crippen molar-refractivity contribution in [1.29, 1.82) is 0 Å². The molecule has 0 aromatic heterocycles. The van der Waals surface area contributed by atoms with Crippen LogP contribution in [0.4, 0.5) is 22.0 Å². The first-order valence-corrected chi connectivity index (χ1v) is 6.89. The van der Waals surface area contributed by atoms with Crippen LogP contribution in [0.25, 0.3) is 5.57 Å². The standard InChI is InChI=1S/C15H15F5N2O/c1-21-12-6-5-9(10-3-2-4-11(16)13(10)17)7-22(14(12)23)8-15(18,19)20/h2-5,12,21H,6-8H2,1H3. The van der Waals surface area contributed by atoms with Gasteiger partial charge in [0.2, 0.25) is 5.91 Å². The number of halogens is 5. The molecule has 1 aromatic carbocycles. The molecular weight excluding hydrogens is 319 g/mol. The van der Waals surface area contributed by atoms with Gasteiger partial charge in [-0.15, -0.1) is 0 Å². The molecule has 1 heterocycles. The molecule has 0 fully saturated rings. The lowest BCUT2D eigenvalue weighted by atomic mass is 10.0. The topological polar surface area (TPSA) is 32.3 Å². The molecule has 0 radical (unpaired) electrons. The molecule has 1 aliphatic rings. The average molecular weight is 334 g/mol. The van der Waals surface area contributed by atoms with Gasteiger partial charge in [0.05, 0.1) is 6.04 Å². The van der Waals surface area contributed by atoms with Gasteiger partial charge in [-0.2, -0.15) is 13.2 Å². The lowest BCUT2D eigenvalue weighted by Gasteiger charge is -2.26. The lowest BCUT2D eigenvalue weighted by molar-refractivity contribution is -0.160. The molecule has 3 nitrogen and oxygen atoms in total. The van der Waals surface area contributed by atoms with Crippen LogP contribution in [0.1, 0.15) is 12.0 Å². The lowest BCUT2D eigenvalue weighted by Crippen LogP contribution is -2.47. The van der Waals surface area contributed by atoms with Crippen molar-refractivity contribution < 1.29 is 26.7 Å². The van der Waals surface area contributed by atoms with Crippen LogP contribution in [0.3, 0.4) is 0 Å². The molecule has 0 saturated heterocycles. The van der Waals surface area contributed by atoms with Crippen molar-refractivity contribution >= 4 is 11.5 Å². The Morgan fingerprint density at radius 3 is 2.61 bits per heavy atom. The molecule has 1 atom stereocenters. The summed E-state index contributed by atoms with van der Waals surface area (Å²) in [6.45, 7) is -1.88. The maximum absolute atomic E-state index is 13.9. The Kier molecular flexibility index (Phi) is 5.03. The third kappa shape index (κ3) is 4.07. The van der Waals surface area contributed by atoms with E-state index in [0.717, 1.165) is 6.07 Å². The third-order valence-electron chi connectivity index (χ3n) is 3.59. The predicted molar refractivity (Wildman–Crippen MR) is 74.4 cm³/mol. The second-order valence-corrected chi connectivity index (χ2v) is 5.22. The largest absolute Gasteiger partial charge is 0.406 e. The number of hydrogen-bond donors (Lipinski definition) is 1. The first kappa shape index (κ1) is 17.4. The summed E-state index contributed by atoms with van der Waals surface area (Å²) in [6.07, 6.45) is -3.02. The van der Waals surface area contributed by atoms with E-state index in [1.807, 2.05) is 0 Å². The molecule has 0 saturated carbocycles. The summed E-state index contributed by atoms with van der Waals surface area (Å²) in [6, 6.07) is 2.63. The Morgan fingerprint density at radius 2 is 2.00 bits per heavy atom. The fourth-order valence-corrected chi connectivity index (χ4v) is 2.47. The smallest absolute Gasteiger partial charge is 0.328 e. The van der Waals surface area contributed by atoms with Gasteiger partial charge >= 0.3 is 6.18 Å². The van der Waals surface area contributed by atoms with Crippen LogP contribution in [0.5, 0.6) is 0 Å². The maximum Gasteiger partial charge on any atom is 0.406 e. The maximum atomic E-state index is 13.9. The SMILES string of the molecule is CNC1CC=C(c2cccc(F)c2F)CN(CC(F)(F)F)C1=O. The number of benzene rings is 1. The Balaban J connectivity index is 2.38. The number of likely N-dealkylation sites (N-methyl/N-ethyl adjacent to an activating group) is 1. The van der Waals surface area contributed by atoms with Gasteiger partial charge in [-0.05, 0) is 25.1 Å². The molecule has 126 valence electrons. The third-order valence-corrected chi connectivity index (χ3v) is 3.59. The first-order valence-electron chi connectivity index (χ1n) is 6.89. The van der Waals surface area contributed by atoms with Crippen molar-refractivity contribution in [3.05, 3.63) is 41.5 Å². The minimum Gasteiger partial charge on any atom is -0.328 e.